The van der Waals surface area contributed by atoms with E-state index in [1.54, 1.807) is 49.4 Å². The van der Waals surface area contributed by atoms with Gasteiger partial charge in [0.15, 0.2) is 0 Å². The summed E-state index contributed by atoms with van der Waals surface area (Å²) in [4.78, 5) is 37.5. The minimum Gasteiger partial charge on any atom is -0.496 e. The van der Waals surface area contributed by atoms with Crippen molar-refractivity contribution in [3.8, 4) is 5.75 Å². The molecule has 7 heteroatoms. The summed E-state index contributed by atoms with van der Waals surface area (Å²) in [5, 5.41) is 6.40. The van der Waals surface area contributed by atoms with Crippen molar-refractivity contribution in [2.24, 2.45) is 0 Å². The zero-order chi connectivity index (χ0) is 21.5. The number of hydrogen-bond acceptors (Lipinski definition) is 5. The number of rotatable bonds is 6. The van der Waals surface area contributed by atoms with Crippen LogP contribution in [-0.2, 0) is 9.53 Å². The first-order valence-electron chi connectivity index (χ1n) is 9.45. The van der Waals surface area contributed by atoms with Crippen LogP contribution in [0.4, 0.5) is 4.79 Å². The van der Waals surface area contributed by atoms with Gasteiger partial charge >= 0.3 is 12.0 Å². The van der Waals surface area contributed by atoms with Crippen LogP contribution in [0.3, 0.4) is 0 Å². The number of urea groups is 1. The number of ether oxygens (including phenoxy) is 2. The van der Waals surface area contributed by atoms with Crippen molar-refractivity contribution in [1.82, 2.24) is 10.6 Å². The molecule has 30 heavy (non-hydrogen) atoms. The number of fused-ring (bicyclic) bond motifs is 1. The topological polar surface area (TPSA) is 93.7 Å². The molecule has 0 spiro atoms. The van der Waals surface area contributed by atoms with Crippen molar-refractivity contribution < 1.29 is 23.9 Å². The number of carbonyl (C=O) groups excluding carboxylic acids is 3. The van der Waals surface area contributed by atoms with Gasteiger partial charge in [-0.05, 0) is 29.8 Å². The number of esters is 1. The molecule has 3 amide bonds. The first-order chi connectivity index (χ1) is 14.5. The molecule has 3 rings (SSSR count). The molecule has 154 valence electrons. The molecule has 0 unspecified atom stereocenters. The SMILES string of the molecule is CCNC(=O)NC(=O)[C@@H](OC(=O)c1cc2ccccc2cc1OC)c1ccccc1. The summed E-state index contributed by atoms with van der Waals surface area (Å²) in [7, 11) is 1.46. The Kier molecular flexibility index (Phi) is 6.64. The monoisotopic (exact) mass is 406 g/mol. The molecule has 0 aliphatic carbocycles. The van der Waals surface area contributed by atoms with Crippen LogP contribution in [0.5, 0.6) is 5.75 Å². The Morgan fingerprint density at radius 2 is 1.57 bits per heavy atom. The molecule has 3 aromatic rings. The third-order valence-electron chi connectivity index (χ3n) is 4.43. The van der Waals surface area contributed by atoms with Crippen molar-refractivity contribution in [2.45, 2.75) is 13.0 Å². The zero-order valence-electron chi connectivity index (χ0n) is 16.7. The standard InChI is InChI=1S/C23H22N2O5/c1-3-24-23(28)25-21(26)20(15-9-5-4-6-10-15)30-22(27)18-13-16-11-7-8-12-17(16)14-19(18)29-2/h4-14,20H,3H2,1-2H3,(H2,24,25,26,28)/t20-/m0/s1. The second-order valence-corrected chi connectivity index (χ2v) is 6.44. The van der Waals surface area contributed by atoms with Gasteiger partial charge in [0.1, 0.15) is 11.3 Å². The number of carbonyl (C=O) groups is 3. The van der Waals surface area contributed by atoms with Crippen molar-refractivity contribution in [2.75, 3.05) is 13.7 Å². The molecular formula is C23H22N2O5. The predicted octanol–water partition coefficient (Wildman–Crippen LogP) is 3.59. The summed E-state index contributed by atoms with van der Waals surface area (Å²) in [6.07, 6.45) is -1.31. The highest BCUT2D eigenvalue weighted by Gasteiger charge is 2.28. The van der Waals surface area contributed by atoms with Crippen LogP contribution < -0.4 is 15.4 Å². The highest BCUT2D eigenvalue weighted by atomic mass is 16.6. The quantitative estimate of drug-likeness (QED) is 0.610. The molecule has 0 radical (unpaired) electrons. The van der Waals surface area contributed by atoms with Gasteiger partial charge in [-0.3, -0.25) is 10.1 Å². The first-order valence-corrected chi connectivity index (χ1v) is 9.45. The molecule has 0 aliphatic rings. The average Bonchev–Trinajstić information content (AvgIpc) is 2.76. The number of imide groups is 1. The maximum Gasteiger partial charge on any atom is 0.343 e. The van der Waals surface area contributed by atoms with Gasteiger partial charge in [0.05, 0.1) is 7.11 Å². The summed E-state index contributed by atoms with van der Waals surface area (Å²) >= 11 is 0. The molecule has 0 saturated carbocycles. The number of methoxy groups -OCH3 is 1. The van der Waals surface area contributed by atoms with E-state index in [1.165, 1.54) is 7.11 Å². The second kappa shape index (κ2) is 9.56. The predicted molar refractivity (Wildman–Crippen MR) is 112 cm³/mol. The zero-order valence-corrected chi connectivity index (χ0v) is 16.7. The second-order valence-electron chi connectivity index (χ2n) is 6.44. The van der Waals surface area contributed by atoms with E-state index in [9.17, 15) is 14.4 Å². The number of hydrogen-bond donors (Lipinski definition) is 2. The van der Waals surface area contributed by atoms with E-state index in [2.05, 4.69) is 10.6 Å². The Bertz CT molecular complexity index is 1070. The third-order valence-corrected chi connectivity index (χ3v) is 4.43. The molecule has 0 aliphatic heterocycles. The van der Waals surface area contributed by atoms with Gasteiger partial charge in [-0.1, -0.05) is 54.6 Å². The fourth-order valence-electron chi connectivity index (χ4n) is 3.00. The fraction of sp³-hybridized carbons (Fsp3) is 0.174. The molecule has 0 aromatic heterocycles. The van der Waals surface area contributed by atoms with E-state index in [4.69, 9.17) is 9.47 Å². The molecule has 1 atom stereocenters. The minimum absolute atomic E-state index is 0.183. The van der Waals surface area contributed by atoms with Crippen LogP contribution in [0.1, 0.15) is 28.9 Å². The Hall–Kier alpha value is -3.87. The van der Waals surface area contributed by atoms with Crippen molar-refractivity contribution >= 4 is 28.7 Å². The van der Waals surface area contributed by atoms with E-state index in [0.29, 0.717) is 17.9 Å². The van der Waals surface area contributed by atoms with Crippen molar-refractivity contribution in [1.29, 1.82) is 0 Å². The number of benzene rings is 3. The molecular weight excluding hydrogens is 384 g/mol. The van der Waals surface area contributed by atoms with Gasteiger partial charge < -0.3 is 14.8 Å². The largest absolute Gasteiger partial charge is 0.496 e. The highest BCUT2D eigenvalue weighted by molar-refractivity contribution is 6.01. The van der Waals surface area contributed by atoms with Gasteiger partial charge in [-0.25, -0.2) is 9.59 Å². The maximum absolute atomic E-state index is 13.0. The van der Waals surface area contributed by atoms with Gasteiger partial charge in [0, 0.05) is 12.1 Å². The van der Waals surface area contributed by atoms with Crippen LogP contribution in [0.15, 0.2) is 66.7 Å². The molecule has 2 N–H and O–H groups in total. The van der Waals surface area contributed by atoms with Gasteiger partial charge in [0.25, 0.3) is 5.91 Å². The summed E-state index contributed by atoms with van der Waals surface area (Å²) in [5.74, 6) is -1.16. The molecule has 0 fully saturated rings. The molecule has 0 bridgehead atoms. The van der Waals surface area contributed by atoms with E-state index in [0.717, 1.165) is 10.8 Å². The lowest BCUT2D eigenvalue weighted by Crippen LogP contribution is -2.42. The van der Waals surface area contributed by atoms with Crippen LogP contribution in [-0.4, -0.2) is 31.6 Å². The normalized spacial score (nSPS) is 11.4. The van der Waals surface area contributed by atoms with Crippen LogP contribution >= 0.6 is 0 Å². The summed E-state index contributed by atoms with van der Waals surface area (Å²) < 4.78 is 10.9. The molecule has 0 saturated heterocycles. The molecule has 0 heterocycles. The first kappa shape index (κ1) is 20.9. The number of nitrogens with one attached hydrogen (secondary N) is 2. The Labute approximate surface area is 174 Å². The van der Waals surface area contributed by atoms with E-state index in [-0.39, 0.29) is 5.56 Å². The lowest BCUT2D eigenvalue weighted by molar-refractivity contribution is -0.129. The molecule has 7 nitrogen and oxygen atoms in total. The van der Waals surface area contributed by atoms with E-state index < -0.39 is 24.0 Å². The highest BCUT2D eigenvalue weighted by Crippen LogP contribution is 2.28. The van der Waals surface area contributed by atoms with E-state index >= 15 is 0 Å². The minimum atomic E-state index is -1.31. The summed E-state index contributed by atoms with van der Waals surface area (Å²) in [5.41, 5.74) is 0.621. The van der Waals surface area contributed by atoms with Gasteiger partial charge in [0.2, 0.25) is 6.10 Å². The van der Waals surface area contributed by atoms with Crippen molar-refractivity contribution in [3.05, 3.63) is 77.9 Å². The molecule has 3 aromatic carbocycles. The fourth-order valence-corrected chi connectivity index (χ4v) is 3.00. The van der Waals surface area contributed by atoms with Gasteiger partial charge in [-0.15, -0.1) is 0 Å². The summed E-state index contributed by atoms with van der Waals surface area (Å²) in [6.45, 7) is 2.08. The van der Waals surface area contributed by atoms with Crippen molar-refractivity contribution in [3.63, 3.8) is 0 Å². The van der Waals surface area contributed by atoms with Gasteiger partial charge in [-0.2, -0.15) is 0 Å². The smallest absolute Gasteiger partial charge is 0.343 e. The van der Waals surface area contributed by atoms with Crippen LogP contribution in [0.25, 0.3) is 10.8 Å². The maximum atomic E-state index is 13.0. The van der Waals surface area contributed by atoms with Crippen LogP contribution in [0, 0.1) is 0 Å². The van der Waals surface area contributed by atoms with Crippen LogP contribution in [0.2, 0.25) is 0 Å². The summed E-state index contributed by atoms with van der Waals surface area (Å²) in [6, 6.07) is 18.7. The Balaban J connectivity index is 1.92. The Morgan fingerprint density at radius 1 is 0.933 bits per heavy atom. The average molecular weight is 406 g/mol. The number of amides is 3. The third kappa shape index (κ3) is 4.75. The lowest BCUT2D eigenvalue weighted by Gasteiger charge is -2.18. The Morgan fingerprint density at radius 3 is 2.20 bits per heavy atom. The van der Waals surface area contributed by atoms with E-state index in [1.807, 2.05) is 24.3 Å². The lowest BCUT2D eigenvalue weighted by atomic mass is 10.1.